The van der Waals surface area contributed by atoms with Gasteiger partial charge in [-0.2, -0.15) is 0 Å². The normalized spacial score (nSPS) is 10.4. The van der Waals surface area contributed by atoms with E-state index in [9.17, 15) is 4.79 Å². The van der Waals surface area contributed by atoms with Crippen LogP contribution >= 0.6 is 27.7 Å². The third-order valence-corrected chi connectivity index (χ3v) is 3.69. The van der Waals surface area contributed by atoms with Gasteiger partial charge in [-0.15, -0.1) is 11.8 Å². The summed E-state index contributed by atoms with van der Waals surface area (Å²) in [6, 6.07) is 11.5. The smallest absolute Gasteiger partial charge is 0.150 e. The molecule has 2 rings (SSSR count). The molecule has 1 heterocycles. The Balaban J connectivity index is 1.84. The third-order valence-electron chi connectivity index (χ3n) is 2.15. The van der Waals surface area contributed by atoms with E-state index in [0.29, 0.717) is 12.2 Å². The van der Waals surface area contributed by atoms with E-state index < -0.39 is 0 Å². The monoisotopic (exact) mass is 310 g/mol. The number of benzene rings is 1. The molecule has 0 aliphatic heterocycles. The van der Waals surface area contributed by atoms with Gasteiger partial charge >= 0.3 is 0 Å². The Kier molecular flexibility index (Phi) is 4.45. The molecule has 0 N–H and O–H groups in total. The molecular weight excluding hydrogens is 300 g/mol. The molecule has 0 radical (unpaired) electrons. The molecule has 0 unspecified atom stereocenters. The van der Waals surface area contributed by atoms with Gasteiger partial charge in [-0.1, -0.05) is 22.0 Å². The van der Waals surface area contributed by atoms with Gasteiger partial charge in [0.05, 0.1) is 18.4 Å². The summed E-state index contributed by atoms with van der Waals surface area (Å²) in [5.74, 6) is 1.37. The second-order valence-corrected chi connectivity index (χ2v) is 5.51. The summed E-state index contributed by atoms with van der Waals surface area (Å²) in [6.45, 7) is 0. The Morgan fingerprint density at radius 1 is 1.29 bits per heavy atom. The van der Waals surface area contributed by atoms with Gasteiger partial charge in [0.15, 0.2) is 5.78 Å². The molecule has 0 bridgehead atoms. The Hall–Kier alpha value is -1.00. The largest absolute Gasteiger partial charge is 0.469 e. The highest BCUT2D eigenvalue weighted by atomic mass is 79.9. The SMILES string of the molecule is O=C(CSc1cccc(Br)c1)Cc1ccco1. The predicted octanol–water partition coefficient (Wildman–Crippen LogP) is 3.95. The molecule has 4 heteroatoms. The molecule has 2 aromatic rings. The third kappa shape index (κ3) is 4.06. The van der Waals surface area contributed by atoms with E-state index in [1.165, 1.54) is 0 Å². The molecule has 0 saturated carbocycles. The average molecular weight is 311 g/mol. The zero-order valence-corrected chi connectivity index (χ0v) is 11.5. The Labute approximate surface area is 113 Å². The molecule has 0 spiro atoms. The molecule has 0 aliphatic rings. The summed E-state index contributed by atoms with van der Waals surface area (Å²) in [7, 11) is 0. The first-order valence-electron chi connectivity index (χ1n) is 5.16. The summed E-state index contributed by atoms with van der Waals surface area (Å²) in [5, 5.41) is 0. The Bertz CT molecular complexity index is 494. The summed E-state index contributed by atoms with van der Waals surface area (Å²) in [6.07, 6.45) is 1.96. The topological polar surface area (TPSA) is 30.2 Å². The quantitative estimate of drug-likeness (QED) is 0.783. The first kappa shape index (κ1) is 12.5. The van der Waals surface area contributed by atoms with E-state index in [4.69, 9.17) is 4.42 Å². The Morgan fingerprint density at radius 3 is 2.88 bits per heavy atom. The number of carbonyl (C=O) groups is 1. The maximum atomic E-state index is 11.7. The summed E-state index contributed by atoms with van der Waals surface area (Å²) >= 11 is 4.95. The molecule has 0 aliphatic carbocycles. The van der Waals surface area contributed by atoms with Crippen LogP contribution in [0.3, 0.4) is 0 Å². The van der Waals surface area contributed by atoms with E-state index in [2.05, 4.69) is 15.9 Å². The fourth-order valence-electron chi connectivity index (χ4n) is 1.38. The van der Waals surface area contributed by atoms with Crippen molar-refractivity contribution in [1.82, 2.24) is 0 Å². The second-order valence-electron chi connectivity index (χ2n) is 3.54. The van der Waals surface area contributed by atoms with Crippen LogP contribution in [0.25, 0.3) is 0 Å². The molecule has 1 aromatic carbocycles. The average Bonchev–Trinajstić information content (AvgIpc) is 2.79. The van der Waals surface area contributed by atoms with Gasteiger partial charge in [0, 0.05) is 9.37 Å². The molecule has 0 atom stereocenters. The van der Waals surface area contributed by atoms with Gasteiger partial charge in [-0.05, 0) is 30.3 Å². The molecule has 0 amide bonds. The second kappa shape index (κ2) is 6.07. The van der Waals surface area contributed by atoms with Crippen LogP contribution in [-0.2, 0) is 11.2 Å². The lowest BCUT2D eigenvalue weighted by molar-refractivity contribution is -0.116. The number of ketones is 1. The van der Waals surface area contributed by atoms with Crippen molar-refractivity contribution in [3.05, 3.63) is 52.9 Å². The van der Waals surface area contributed by atoms with Crippen LogP contribution < -0.4 is 0 Å². The van der Waals surface area contributed by atoms with Crippen molar-refractivity contribution in [3.63, 3.8) is 0 Å². The minimum atomic E-state index is 0.171. The number of halogens is 1. The van der Waals surface area contributed by atoms with E-state index >= 15 is 0 Å². The number of thioether (sulfide) groups is 1. The molecule has 2 nitrogen and oxygen atoms in total. The maximum absolute atomic E-state index is 11.7. The summed E-state index contributed by atoms with van der Waals surface area (Å²) < 4.78 is 6.17. The van der Waals surface area contributed by atoms with Gasteiger partial charge < -0.3 is 4.42 Å². The van der Waals surface area contributed by atoms with Gasteiger partial charge in [0.25, 0.3) is 0 Å². The lowest BCUT2D eigenvalue weighted by Gasteiger charge is -2.01. The van der Waals surface area contributed by atoms with E-state index in [1.54, 1.807) is 24.1 Å². The van der Waals surface area contributed by atoms with Crippen molar-refractivity contribution in [2.24, 2.45) is 0 Å². The molecular formula is C13H11BrO2S. The highest BCUT2D eigenvalue weighted by Gasteiger charge is 2.06. The van der Waals surface area contributed by atoms with E-state index in [0.717, 1.165) is 15.1 Å². The highest BCUT2D eigenvalue weighted by molar-refractivity contribution is 9.10. The van der Waals surface area contributed by atoms with Crippen molar-refractivity contribution < 1.29 is 9.21 Å². The number of carbonyl (C=O) groups excluding carboxylic acids is 1. The minimum absolute atomic E-state index is 0.171. The van der Waals surface area contributed by atoms with Crippen LogP contribution in [0, 0.1) is 0 Å². The van der Waals surface area contributed by atoms with Crippen LogP contribution in [-0.4, -0.2) is 11.5 Å². The number of furan rings is 1. The standard InChI is InChI=1S/C13H11BrO2S/c14-10-3-1-5-13(7-10)17-9-11(15)8-12-4-2-6-16-12/h1-7H,8-9H2. The molecule has 1 aromatic heterocycles. The van der Waals surface area contributed by atoms with Gasteiger partial charge in [0.1, 0.15) is 5.76 Å². The molecule has 88 valence electrons. The van der Waals surface area contributed by atoms with Crippen molar-refractivity contribution in [1.29, 1.82) is 0 Å². The lowest BCUT2D eigenvalue weighted by atomic mass is 10.2. The number of rotatable bonds is 5. The zero-order valence-electron chi connectivity index (χ0n) is 9.06. The van der Waals surface area contributed by atoms with Crippen LogP contribution in [0.1, 0.15) is 5.76 Å². The van der Waals surface area contributed by atoms with Gasteiger partial charge in [-0.25, -0.2) is 0 Å². The van der Waals surface area contributed by atoms with Crippen LogP contribution in [0.4, 0.5) is 0 Å². The van der Waals surface area contributed by atoms with Crippen molar-refractivity contribution in [3.8, 4) is 0 Å². The maximum Gasteiger partial charge on any atom is 0.150 e. The Morgan fingerprint density at radius 2 is 2.18 bits per heavy atom. The van der Waals surface area contributed by atoms with Gasteiger partial charge in [0.2, 0.25) is 0 Å². The van der Waals surface area contributed by atoms with Crippen molar-refractivity contribution in [2.75, 3.05) is 5.75 Å². The fourth-order valence-corrected chi connectivity index (χ4v) is 2.74. The van der Waals surface area contributed by atoms with E-state index in [-0.39, 0.29) is 5.78 Å². The first-order valence-corrected chi connectivity index (χ1v) is 6.94. The number of Topliss-reactive ketones (excluding diaryl/α,β-unsaturated/α-hetero) is 1. The zero-order chi connectivity index (χ0) is 12.1. The van der Waals surface area contributed by atoms with E-state index in [1.807, 2.05) is 30.3 Å². The summed E-state index contributed by atoms with van der Waals surface area (Å²) in [4.78, 5) is 12.8. The fraction of sp³-hybridized carbons (Fsp3) is 0.154. The number of hydrogen-bond donors (Lipinski definition) is 0. The molecule has 0 fully saturated rings. The molecule has 0 saturated heterocycles. The van der Waals surface area contributed by atoms with Crippen molar-refractivity contribution >= 4 is 33.5 Å². The predicted molar refractivity (Wildman–Crippen MR) is 72.3 cm³/mol. The van der Waals surface area contributed by atoms with Crippen LogP contribution in [0.2, 0.25) is 0 Å². The van der Waals surface area contributed by atoms with Crippen LogP contribution in [0.15, 0.2) is 56.4 Å². The highest BCUT2D eigenvalue weighted by Crippen LogP contribution is 2.22. The van der Waals surface area contributed by atoms with Gasteiger partial charge in [-0.3, -0.25) is 4.79 Å². The lowest BCUT2D eigenvalue weighted by Crippen LogP contribution is -2.04. The minimum Gasteiger partial charge on any atom is -0.469 e. The molecule has 17 heavy (non-hydrogen) atoms. The summed E-state index contributed by atoms with van der Waals surface area (Å²) in [5.41, 5.74) is 0. The van der Waals surface area contributed by atoms with Crippen LogP contribution in [0.5, 0.6) is 0 Å². The van der Waals surface area contributed by atoms with Crippen molar-refractivity contribution in [2.45, 2.75) is 11.3 Å². The number of hydrogen-bond acceptors (Lipinski definition) is 3. The first-order chi connectivity index (χ1) is 8.24.